The molecule has 210 valence electrons. The number of nitrogen functional groups attached to an aromatic ring is 1. The summed E-state index contributed by atoms with van der Waals surface area (Å²) in [6.07, 6.45) is 2.43. The molecule has 1 amide bonds. The fourth-order valence-corrected chi connectivity index (χ4v) is 4.49. The molecule has 40 heavy (non-hydrogen) atoms. The number of aromatic nitrogens is 3. The van der Waals surface area contributed by atoms with Gasteiger partial charge in [0, 0.05) is 24.0 Å². The van der Waals surface area contributed by atoms with E-state index in [4.69, 9.17) is 16.2 Å². The first kappa shape index (κ1) is 28.3. The quantitative estimate of drug-likeness (QED) is 0.136. The van der Waals surface area contributed by atoms with Crippen LogP contribution in [0.2, 0.25) is 0 Å². The molecule has 0 aliphatic carbocycles. The fourth-order valence-electron chi connectivity index (χ4n) is 4.49. The minimum atomic E-state index is -1.05. The van der Waals surface area contributed by atoms with Gasteiger partial charge in [0.05, 0.1) is 24.4 Å². The Hall–Kier alpha value is -4.68. The minimum absolute atomic E-state index is 0.213. The number of ether oxygens (including phenoxy) is 1. The summed E-state index contributed by atoms with van der Waals surface area (Å²) in [6, 6.07) is 13.4. The molecule has 0 saturated heterocycles. The van der Waals surface area contributed by atoms with Crippen LogP contribution in [0, 0.1) is 0 Å². The van der Waals surface area contributed by atoms with E-state index in [0.717, 1.165) is 24.9 Å². The molecule has 0 saturated carbocycles. The Kier molecular flexibility index (Phi) is 9.15. The van der Waals surface area contributed by atoms with Crippen LogP contribution in [0.1, 0.15) is 41.0 Å². The van der Waals surface area contributed by atoms with Crippen LogP contribution in [-0.4, -0.2) is 58.3 Å². The third-order valence-electron chi connectivity index (χ3n) is 6.42. The van der Waals surface area contributed by atoms with Crippen molar-refractivity contribution >= 4 is 40.1 Å². The summed E-state index contributed by atoms with van der Waals surface area (Å²) in [4.78, 5) is 33.3. The van der Waals surface area contributed by atoms with Crippen LogP contribution in [0.25, 0.3) is 10.9 Å². The monoisotopic (exact) mass is 546 g/mol. The zero-order valence-electron chi connectivity index (χ0n) is 22.5. The van der Waals surface area contributed by atoms with Gasteiger partial charge in [-0.15, -0.1) is 0 Å². The lowest BCUT2D eigenvalue weighted by atomic mass is 9.99. The van der Waals surface area contributed by atoms with Crippen molar-refractivity contribution in [3.8, 4) is 5.75 Å². The molecule has 8 N–H and O–H groups in total. The molecule has 1 atom stereocenters. The van der Waals surface area contributed by atoms with Crippen LogP contribution >= 0.6 is 0 Å². The van der Waals surface area contributed by atoms with E-state index in [2.05, 4.69) is 32.8 Å². The van der Waals surface area contributed by atoms with E-state index >= 15 is 0 Å². The molecule has 12 heteroatoms. The average molecular weight is 547 g/mol. The molecule has 2 aromatic heterocycles. The zero-order valence-corrected chi connectivity index (χ0v) is 22.5. The highest BCUT2D eigenvalue weighted by molar-refractivity contribution is 6.07. The number of carboxylic acid groups (broad SMARTS) is 1. The lowest BCUT2D eigenvalue weighted by Gasteiger charge is -2.20. The third kappa shape index (κ3) is 6.30. The molecule has 12 nitrogen and oxygen atoms in total. The number of anilines is 3. The first-order valence-corrected chi connectivity index (χ1v) is 12.9. The van der Waals surface area contributed by atoms with E-state index in [1.165, 1.54) is 18.0 Å². The molecule has 0 spiro atoms. The SMILES string of the molecule is CCCNCCNc1ncnc(N)c1C(N)c1ccc(NC(=O)c2cc3ccccc3n2CC(=O)O)c(OC)c1. The number of fused-ring (bicyclic) bond motifs is 1. The van der Waals surface area contributed by atoms with Gasteiger partial charge in [-0.05, 0) is 42.8 Å². The van der Waals surface area contributed by atoms with Crippen LogP contribution < -0.4 is 32.2 Å². The van der Waals surface area contributed by atoms with Gasteiger partial charge in [-0.1, -0.05) is 31.2 Å². The van der Waals surface area contributed by atoms with Crippen molar-refractivity contribution in [1.82, 2.24) is 19.9 Å². The maximum atomic E-state index is 13.3. The standard InChI is InChI=1S/C28H34N8O4/c1-3-10-31-11-12-32-27-24(26(30)33-16-34-27)25(29)18-8-9-19(22(14-18)40-2)35-28(39)21-13-17-6-4-5-7-20(17)36(21)15-23(37)38/h4-9,13-14,16,25,31H,3,10-12,15,29H2,1-2H3,(H,35,39)(H,37,38)(H3,30,32,33,34). The molecule has 0 fully saturated rings. The Morgan fingerprint density at radius 3 is 2.65 bits per heavy atom. The van der Waals surface area contributed by atoms with Gasteiger partial charge >= 0.3 is 5.97 Å². The highest BCUT2D eigenvalue weighted by Gasteiger charge is 2.22. The number of methoxy groups -OCH3 is 1. The summed E-state index contributed by atoms with van der Waals surface area (Å²) in [5.41, 5.74) is 15.3. The molecule has 2 heterocycles. The number of nitrogens with one attached hydrogen (secondary N) is 3. The summed E-state index contributed by atoms with van der Waals surface area (Å²) in [6.45, 7) is 4.05. The van der Waals surface area contributed by atoms with Gasteiger partial charge < -0.3 is 41.8 Å². The smallest absolute Gasteiger partial charge is 0.323 e. The average Bonchev–Trinajstić information content (AvgIpc) is 3.30. The van der Waals surface area contributed by atoms with Gasteiger partial charge in [0.25, 0.3) is 5.91 Å². The summed E-state index contributed by atoms with van der Waals surface area (Å²) in [5.74, 6) is -0.357. The predicted octanol–water partition coefficient (Wildman–Crippen LogP) is 2.82. The summed E-state index contributed by atoms with van der Waals surface area (Å²) < 4.78 is 7.03. The van der Waals surface area contributed by atoms with Gasteiger partial charge in [-0.2, -0.15) is 0 Å². The normalized spacial score (nSPS) is 11.8. The Balaban J connectivity index is 1.58. The molecule has 0 radical (unpaired) electrons. The Morgan fingerprint density at radius 1 is 1.10 bits per heavy atom. The Bertz CT molecular complexity index is 1500. The van der Waals surface area contributed by atoms with Crippen molar-refractivity contribution < 1.29 is 19.4 Å². The first-order chi connectivity index (χ1) is 19.3. The Morgan fingerprint density at radius 2 is 1.90 bits per heavy atom. The lowest BCUT2D eigenvalue weighted by molar-refractivity contribution is -0.137. The molecule has 0 aliphatic rings. The maximum Gasteiger partial charge on any atom is 0.323 e. The predicted molar refractivity (Wildman–Crippen MR) is 155 cm³/mol. The van der Waals surface area contributed by atoms with E-state index in [1.54, 1.807) is 36.4 Å². The largest absolute Gasteiger partial charge is 0.495 e. The molecule has 0 aliphatic heterocycles. The van der Waals surface area contributed by atoms with Crippen molar-refractivity contribution in [2.75, 3.05) is 43.1 Å². The molecule has 2 aromatic carbocycles. The minimum Gasteiger partial charge on any atom is -0.495 e. The van der Waals surface area contributed by atoms with Crippen LogP contribution in [0.4, 0.5) is 17.3 Å². The second kappa shape index (κ2) is 12.9. The number of hydrogen-bond donors (Lipinski definition) is 6. The van der Waals surface area contributed by atoms with Crippen molar-refractivity contribution in [3.05, 3.63) is 71.7 Å². The second-order valence-electron chi connectivity index (χ2n) is 9.16. The fraction of sp³-hybridized carbons (Fsp3) is 0.286. The number of amides is 1. The number of para-hydroxylation sites is 1. The van der Waals surface area contributed by atoms with Gasteiger partial charge in [0.15, 0.2) is 0 Å². The zero-order chi connectivity index (χ0) is 28.6. The molecule has 4 aromatic rings. The molecule has 0 bridgehead atoms. The van der Waals surface area contributed by atoms with E-state index in [9.17, 15) is 14.7 Å². The van der Waals surface area contributed by atoms with E-state index in [-0.39, 0.29) is 18.1 Å². The van der Waals surface area contributed by atoms with Crippen molar-refractivity contribution in [2.45, 2.75) is 25.9 Å². The van der Waals surface area contributed by atoms with E-state index in [1.807, 2.05) is 12.1 Å². The van der Waals surface area contributed by atoms with Gasteiger partial charge in [0.2, 0.25) is 0 Å². The number of benzene rings is 2. The highest BCUT2D eigenvalue weighted by Crippen LogP contribution is 2.34. The summed E-state index contributed by atoms with van der Waals surface area (Å²) in [7, 11) is 1.48. The van der Waals surface area contributed by atoms with Crippen molar-refractivity contribution in [3.63, 3.8) is 0 Å². The third-order valence-corrected chi connectivity index (χ3v) is 6.42. The lowest BCUT2D eigenvalue weighted by Crippen LogP contribution is -2.25. The molecular formula is C28H34N8O4. The van der Waals surface area contributed by atoms with E-state index in [0.29, 0.717) is 40.4 Å². The van der Waals surface area contributed by atoms with Gasteiger partial charge in [-0.25, -0.2) is 9.97 Å². The van der Waals surface area contributed by atoms with Crippen LogP contribution in [0.15, 0.2) is 54.9 Å². The number of carbonyl (C=O) groups is 2. The number of aliphatic carboxylic acids is 1. The van der Waals surface area contributed by atoms with Crippen LogP contribution in [0.3, 0.4) is 0 Å². The first-order valence-electron chi connectivity index (χ1n) is 12.9. The van der Waals surface area contributed by atoms with Crippen LogP contribution in [0.5, 0.6) is 5.75 Å². The number of hydrogen-bond acceptors (Lipinski definition) is 9. The summed E-state index contributed by atoms with van der Waals surface area (Å²) in [5, 5.41) is 19.6. The Labute approximate surface area is 231 Å². The van der Waals surface area contributed by atoms with Crippen LogP contribution in [-0.2, 0) is 11.3 Å². The van der Waals surface area contributed by atoms with E-state index < -0.39 is 17.9 Å². The number of nitrogens with two attached hydrogens (primary N) is 2. The number of carboxylic acids is 1. The molecular weight excluding hydrogens is 512 g/mol. The topological polar surface area (TPSA) is 182 Å². The highest BCUT2D eigenvalue weighted by atomic mass is 16.5. The number of nitrogens with zero attached hydrogens (tertiary/aromatic N) is 3. The molecule has 1 unspecified atom stereocenters. The van der Waals surface area contributed by atoms with Crippen molar-refractivity contribution in [2.24, 2.45) is 5.73 Å². The van der Waals surface area contributed by atoms with Crippen molar-refractivity contribution in [1.29, 1.82) is 0 Å². The van der Waals surface area contributed by atoms with Gasteiger partial charge in [0.1, 0.15) is 36.0 Å². The summed E-state index contributed by atoms with van der Waals surface area (Å²) >= 11 is 0. The molecule has 4 rings (SSSR count). The second-order valence-corrected chi connectivity index (χ2v) is 9.16. The maximum absolute atomic E-state index is 13.3. The number of carbonyl (C=O) groups excluding carboxylic acids is 1. The number of rotatable bonds is 13. The van der Waals surface area contributed by atoms with Gasteiger partial charge in [-0.3, -0.25) is 9.59 Å².